The van der Waals surface area contributed by atoms with Crippen LogP contribution >= 0.6 is 11.6 Å². The zero-order valence-corrected chi connectivity index (χ0v) is 18.0. The molecule has 0 aliphatic rings. The zero-order valence-electron chi connectivity index (χ0n) is 17.3. The van der Waals surface area contributed by atoms with Crippen molar-refractivity contribution in [2.75, 3.05) is 19.0 Å². The topological polar surface area (TPSA) is 73.6 Å². The minimum atomic E-state index is -0.281. The van der Waals surface area contributed by atoms with Gasteiger partial charge in [-0.05, 0) is 62.7 Å². The zero-order chi connectivity index (χ0) is 21.7. The number of nitrogens with zero attached hydrogens (tertiary/aromatic N) is 1. The van der Waals surface area contributed by atoms with E-state index in [1.165, 1.54) is 13.2 Å². The molecule has 0 fully saturated rings. The van der Waals surface area contributed by atoms with Crippen molar-refractivity contribution < 1.29 is 18.7 Å². The number of hydrogen-bond acceptors (Lipinski definition) is 5. The highest BCUT2D eigenvalue weighted by atomic mass is 35.5. The van der Waals surface area contributed by atoms with Crippen molar-refractivity contribution in [1.29, 1.82) is 0 Å². The van der Waals surface area contributed by atoms with E-state index < -0.39 is 0 Å². The Hall–Kier alpha value is -3.25. The first-order chi connectivity index (χ1) is 14.4. The Labute approximate surface area is 180 Å². The summed E-state index contributed by atoms with van der Waals surface area (Å²) in [6.45, 7) is 6.10. The van der Waals surface area contributed by atoms with E-state index in [2.05, 4.69) is 10.3 Å². The number of aryl methyl sites for hydroxylation is 2. The van der Waals surface area contributed by atoms with Gasteiger partial charge in [0, 0.05) is 17.3 Å². The highest BCUT2D eigenvalue weighted by Gasteiger charge is 2.11. The summed E-state index contributed by atoms with van der Waals surface area (Å²) in [5.74, 6) is 2.00. The van der Waals surface area contributed by atoms with Crippen molar-refractivity contribution in [3.63, 3.8) is 0 Å². The summed E-state index contributed by atoms with van der Waals surface area (Å²) in [6.07, 6.45) is 3.09. The molecule has 1 aromatic heterocycles. The summed E-state index contributed by atoms with van der Waals surface area (Å²) < 4.78 is 16.5. The lowest BCUT2D eigenvalue weighted by atomic mass is 10.1. The molecule has 0 atom stereocenters. The Kier molecular flexibility index (Phi) is 6.79. The van der Waals surface area contributed by atoms with Crippen LogP contribution in [-0.4, -0.2) is 24.6 Å². The van der Waals surface area contributed by atoms with E-state index in [-0.39, 0.29) is 5.91 Å². The molecule has 7 heteroatoms. The number of hydrogen-bond donors (Lipinski definition) is 1. The number of anilines is 1. The van der Waals surface area contributed by atoms with Gasteiger partial charge in [0.25, 0.3) is 0 Å². The van der Waals surface area contributed by atoms with Gasteiger partial charge in [0.05, 0.1) is 24.4 Å². The van der Waals surface area contributed by atoms with Gasteiger partial charge in [-0.2, -0.15) is 0 Å². The summed E-state index contributed by atoms with van der Waals surface area (Å²) in [7, 11) is 1.53. The second kappa shape index (κ2) is 9.50. The van der Waals surface area contributed by atoms with Crippen LogP contribution in [0.5, 0.6) is 11.5 Å². The molecule has 0 aliphatic carbocycles. The molecule has 0 aliphatic heterocycles. The number of nitrogens with one attached hydrogen (secondary N) is 1. The third kappa shape index (κ3) is 5.02. The van der Waals surface area contributed by atoms with Crippen molar-refractivity contribution in [1.82, 2.24) is 4.98 Å². The van der Waals surface area contributed by atoms with Crippen LogP contribution in [0, 0.1) is 13.8 Å². The molecular formula is C23H23ClN2O4. The fourth-order valence-electron chi connectivity index (χ4n) is 2.83. The number of ether oxygens (including phenoxy) is 2. The fraction of sp³-hybridized carbons (Fsp3) is 0.217. The van der Waals surface area contributed by atoms with Crippen molar-refractivity contribution in [2.24, 2.45) is 0 Å². The third-order valence-corrected chi connectivity index (χ3v) is 4.65. The molecule has 1 heterocycles. The van der Waals surface area contributed by atoms with Crippen LogP contribution in [0.3, 0.4) is 0 Å². The molecular weight excluding hydrogens is 404 g/mol. The van der Waals surface area contributed by atoms with Crippen LogP contribution in [-0.2, 0) is 4.79 Å². The number of carbonyl (C=O) groups is 1. The number of oxazole rings is 1. The molecule has 1 N–H and O–H groups in total. The Morgan fingerprint density at radius 1 is 1.27 bits per heavy atom. The number of benzene rings is 2. The van der Waals surface area contributed by atoms with Gasteiger partial charge in [0.15, 0.2) is 11.5 Å². The van der Waals surface area contributed by atoms with E-state index in [0.29, 0.717) is 34.7 Å². The lowest BCUT2D eigenvalue weighted by Gasteiger charge is -2.11. The molecule has 0 bridgehead atoms. The van der Waals surface area contributed by atoms with E-state index in [1.54, 1.807) is 24.3 Å². The lowest BCUT2D eigenvalue weighted by Crippen LogP contribution is -2.07. The molecule has 0 saturated carbocycles. The maximum Gasteiger partial charge on any atom is 0.248 e. The highest BCUT2D eigenvalue weighted by molar-refractivity contribution is 6.32. The summed E-state index contributed by atoms with van der Waals surface area (Å²) >= 11 is 6.25. The number of halogens is 1. The summed E-state index contributed by atoms with van der Waals surface area (Å²) in [4.78, 5) is 16.8. The lowest BCUT2D eigenvalue weighted by molar-refractivity contribution is -0.111. The van der Waals surface area contributed by atoms with Crippen LogP contribution < -0.4 is 14.8 Å². The molecule has 0 unspecified atom stereocenters. The van der Waals surface area contributed by atoms with Crippen molar-refractivity contribution in [3.8, 4) is 23.0 Å². The first-order valence-corrected chi connectivity index (χ1v) is 9.83. The Morgan fingerprint density at radius 2 is 2.07 bits per heavy atom. The van der Waals surface area contributed by atoms with Gasteiger partial charge >= 0.3 is 0 Å². The van der Waals surface area contributed by atoms with Gasteiger partial charge in [0.1, 0.15) is 5.76 Å². The van der Waals surface area contributed by atoms with Crippen LogP contribution in [0.1, 0.15) is 23.9 Å². The molecule has 1 amide bonds. The van der Waals surface area contributed by atoms with Crippen LogP contribution in [0.4, 0.5) is 5.69 Å². The molecule has 0 spiro atoms. The standard InChI is InChI=1S/C23H23ClN2O4/c1-5-29-20-12-16(11-19(24)22(20)28-4)9-10-21(27)26-18-8-6-7-17(13-18)23-25-14(2)15(3)30-23/h6-13H,5H2,1-4H3,(H,26,27). The predicted octanol–water partition coefficient (Wildman–Crippen LogP) is 5.67. The Bertz CT molecular complexity index is 1070. The van der Waals surface area contributed by atoms with Gasteiger partial charge in [0.2, 0.25) is 11.8 Å². The number of amides is 1. The van der Waals surface area contributed by atoms with Crippen LogP contribution in [0.2, 0.25) is 5.02 Å². The summed E-state index contributed by atoms with van der Waals surface area (Å²) in [5.41, 5.74) is 2.99. The minimum Gasteiger partial charge on any atom is -0.491 e. The van der Waals surface area contributed by atoms with E-state index >= 15 is 0 Å². The van der Waals surface area contributed by atoms with E-state index in [1.807, 2.05) is 39.0 Å². The first-order valence-electron chi connectivity index (χ1n) is 9.45. The quantitative estimate of drug-likeness (QED) is 0.492. The smallest absolute Gasteiger partial charge is 0.248 e. The normalized spacial score (nSPS) is 11.0. The molecule has 3 rings (SSSR count). The Morgan fingerprint density at radius 3 is 2.73 bits per heavy atom. The van der Waals surface area contributed by atoms with E-state index in [9.17, 15) is 4.79 Å². The first kappa shape index (κ1) is 21.5. The number of carbonyl (C=O) groups excluding carboxylic acids is 1. The average Bonchev–Trinajstić information content (AvgIpc) is 3.05. The van der Waals surface area contributed by atoms with Gasteiger partial charge < -0.3 is 19.2 Å². The molecule has 156 valence electrons. The monoisotopic (exact) mass is 426 g/mol. The van der Waals surface area contributed by atoms with Gasteiger partial charge in [-0.25, -0.2) is 4.98 Å². The number of rotatable bonds is 7. The van der Waals surface area contributed by atoms with Gasteiger partial charge in [-0.3, -0.25) is 4.79 Å². The van der Waals surface area contributed by atoms with Crippen molar-refractivity contribution in [2.45, 2.75) is 20.8 Å². The molecule has 0 radical (unpaired) electrons. The Balaban J connectivity index is 1.74. The molecule has 2 aromatic carbocycles. The summed E-state index contributed by atoms with van der Waals surface area (Å²) in [5, 5.41) is 3.25. The summed E-state index contributed by atoms with van der Waals surface area (Å²) in [6, 6.07) is 10.8. The predicted molar refractivity (Wildman–Crippen MR) is 118 cm³/mol. The van der Waals surface area contributed by atoms with Crippen molar-refractivity contribution in [3.05, 3.63) is 64.5 Å². The highest BCUT2D eigenvalue weighted by Crippen LogP contribution is 2.36. The van der Waals surface area contributed by atoms with Crippen molar-refractivity contribution >= 4 is 29.3 Å². The molecule has 3 aromatic rings. The number of methoxy groups -OCH3 is 1. The average molecular weight is 427 g/mol. The van der Waals surface area contributed by atoms with Crippen LogP contribution in [0.15, 0.2) is 46.9 Å². The van der Waals surface area contributed by atoms with E-state index in [0.717, 1.165) is 22.6 Å². The largest absolute Gasteiger partial charge is 0.491 e. The minimum absolute atomic E-state index is 0.281. The number of aromatic nitrogens is 1. The second-order valence-corrected chi connectivity index (χ2v) is 6.94. The third-order valence-electron chi connectivity index (χ3n) is 4.37. The van der Waals surface area contributed by atoms with Crippen LogP contribution in [0.25, 0.3) is 17.5 Å². The fourth-order valence-corrected chi connectivity index (χ4v) is 3.12. The SMILES string of the molecule is CCOc1cc(C=CC(=O)Nc2cccc(-c3nc(C)c(C)o3)c2)cc(Cl)c1OC. The van der Waals surface area contributed by atoms with Gasteiger partial charge in [-0.15, -0.1) is 0 Å². The maximum atomic E-state index is 12.4. The second-order valence-electron chi connectivity index (χ2n) is 6.53. The molecule has 30 heavy (non-hydrogen) atoms. The molecule has 6 nitrogen and oxygen atoms in total. The molecule has 0 saturated heterocycles. The van der Waals surface area contributed by atoms with E-state index in [4.69, 9.17) is 25.5 Å². The maximum absolute atomic E-state index is 12.4. The van der Waals surface area contributed by atoms with Gasteiger partial charge in [-0.1, -0.05) is 17.7 Å².